The van der Waals surface area contributed by atoms with Gasteiger partial charge in [-0.2, -0.15) is 15.1 Å². The molecule has 10 heteroatoms. The van der Waals surface area contributed by atoms with Crippen LogP contribution in [-0.2, 0) is 9.47 Å². The fourth-order valence-corrected chi connectivity index (χ4v) is 6.67. The molecule has 0 saturated carbocycles. The highest BCUT2D eigenvalue weighted by molar-refractivity contribution is 5.82. The number of hydrogen-bond acceptors (Lipinski definition) is 9. The molecule has 0 aliphatic carbocycles. The Bertz CT molecular complexity index is 1310. The van der Waals surface area contributed by atoms with Gasteiger partial charge in [-0.15, -0.1) is 0 Å². The molecule has 10 nitrogen and oxygen atoms in total. The van der Waals surface area contributed by atoms with E-state index in [4.69, 9.17) is 19.3 Å². The first-order valence-electron chi connectivity index (χ1n) is 13.4. The number of piperidine rings is 1. The molecule has 4 saturated heterocycles. The molecule has 2 bridgehead atoms. The SMILES string of the molecule is COc1nc(N2C[C@H]3C[C@@H]2CO3)cc(-n2ncc3cc(C)c(C4CCN(C5CCOC5)CC4O)cc32)n1. The number of nitrogens with zero attached hydrogens (tertiary/aromatic N) is 6. The minimum absolute atomic E-state index is 0.0852. The Morgan fingerprint density at radius 1 is 1.05 bits per heavy atom. The van der Waals surface area contributed by atoms with Crippen LogP contribution in [0.3, 0.4) is 0 Å². The molecule has 1 N–H and O–H groups in total. The van der Waals surface area contributed by atoms with Crippen LogP contribution in [0.2, 0.25) is 0 Å². The van der Waals surface area contributed by atoms with Crippen LogP contribution < -0.4 is 9.64 Å². The highest BCUT2D eigenvalue weighted by atomic mass is 16.5. The first kappa shape index (κ1) is 23.3. The molecule has 0 radical (unpaired) electrons. The summed E-state index contributed by atoms with van der Waals surface area (Å²) in [7, 11) is 1.59. The van der Waals surface area contributed by atoms with Crippen LogP contribution in [-0.4, -0.2) is 101 Å². The number of benzene rings is 1. The Morgan fingerprint density at radius 2 is 1.95 bits per heavy atom. The summed E-state index contributed by atoms with van der Waals surface area (Å²) in [6.07, 6.45) is 4.74. The van der Waals surface area contributed by atoms with Crippen molar-refractivity contribution in [1.29, 1.82) is 0 Å². The number of ether oxygens (including phenoxy) is 3. The van der Waals surface area contributed by atoms with E-state index >= 15 is 0 Å². The Kier molecular flexibility index (Phi) is 5.80. The zero-order valence-electron chi connectivity index (χ0n) is 21.4. The van der Waals surface area contributed by atoms with Gasteiger partial charge in [0.15, 0.2) is 5.82 Å². The summed E-state index contributed by atoms with van der Waals surface area (Å²) < 4.78 is 18.7. The van der Waals surface area contributed by atoms with Gasteiger partial charge in [-0.05, 0) is 56.0 Å². The van der Waals surface area contributed by atoms with Gasteiger partial charge in [0.1, 0.15) is 5.82 Å². The molecule has 37 heavy (non-hydrogen) atoms. The van der Waals surface area contributed by atoms with Gasteiger partial charge in [0.25, 0.3) is 0 Å². The molecule has 6 heterocycles. The van der Waals surface area contributed by atoms with Gasteiger partial charge in [-0.1, -0.05) is 0 Å². The van der Waals surface area contributed by atoms with Crippen LogP contribution in [0.1, 0.15) is 36.3 Å². The molecule has 4 aliphatic rings. The molecule has 0 spiro atoms. The lowest BCUT2D eigenvalue weighted by Gasteiger charge is -2.39. The number of aromatic nitrogens is 4. The van der Waals surface area contributed by atoms with Crippen LogP contribution in [0.25, 0.3) is 16.7 Å². The van der Waals surface area contributed by atoms with E-state index in [0.29, 0.717) is 30.5 Å². The van der Waals surface area contributed by atoms with Gasteiger partial charge in [-0.25, -0.2) is 4.68 Å². The van der Waals surface area contributed by atoms with Crippen molar-refractivity contribution in [2.75, 3.05) is 51.5 Å². The Labute approximate surface area is 216 Å². The number of aryl methyl sites for hydroxylation is 1. The number of anilines is 1. The van der Waals surface area contributed by atoms with Gasteiger partial charge in [0, 0.05) is 43.1 Å². The van der Waals surface area contributed by atoms with E-state index in [2.05, 4.69) is 38.8 Å². The van der Waals surface area contributed by atoms with E-state index in [1.807, 2.05) is 16.9 Å². The quantitative estimate of drug-likeness (QED) is 0.558. The summed E-state index contributed by atoms with van der Waals surface area (Å²) in [5, 5.41) is 17.0. The largest absolute Gasteiger partial charge is 0.467 e. The van der Waals surface area contributed by atoms with Gasteiger partial charge >= 0.3 is 6.01 Å². The highest BCUT2D eigenvalue weighted by Gasteiger charge is 2.40. The third-order valence-corrected chi connectivity index (χ3v) is 8.66. The predicted octanol–water partition coefficient (Wildman–Crippen LogP) is 2.05. The smallest absolute Gasteiger partial charge is 0.320 e. The van der Waals surface area contributed by atoms with Gasteiger partial charge in [0.05, 0.1) is 50.3 Å². The number of rotatable bonds is 5. The number of likely N-dealkylation sites (tertiary alicyclic amines) is 1. The summed E-state index contributed by atoms with van der Waals surface area (Å²) in [5.74, 6) is 1.60. The minimum Gasteiger partial charge on any atom is -0.467 e. The maximum atomic E-state index is 11.2. The molecular weight excluding hydrogens is 472 g/mol. The molecule has 2 aromatic heterocycles. The molecular formula is C27H34N6O4. The third-order valence-electron chi connectivity index (χ3n) is 8.66. The maximum absolute atomic E-state index is 11.2. The minimum atomic E-state index is -0.416. The van der Waals surface area contributed by atoms with Crippen molar-refractivity contribution < 1.29 is 19.3 Å². The Hall–Kier alpha value is -2.79. The zero-order chi connectivity index (χ0) is 25.1. The molecule has 0 amide bonds. The molecule has 5 atom stereocenters. The fourth-order valence-electron chi connectivity index (χ4n) is 6.67. The standard InChI is InChI=1S/C27H34N6O4/c1-16-7-17-11-28-33(26-10-25(29-27(30-26)35-2)32-12-20-8-19(32)15-37-20)23(17)9-22(16)21-3-5-31(13-24(21)34)18-4-6-36-14-18/h7,9-11,18-21,24,34H,3-6,8,12-15H2,1-2H3/t18?,19-,20-,21?,24?/m1/s1. The predicted molar refractivity (Wildman–Crippen MR) is 138 cm³/mol. The van der Waals surface area contributed by atoms with Gasteiger partial charge in [-0.3, -0.25) is 4.90 Å². The average Bonchev–Trinajstić information content (AvgIpc) is 3.73. The number of morpholine rings is 1. The average molecular weight is 507 g/mol. The van der Waals surface area contributed by atoms with E-state index in [9.17, 15) is 5.11 Å². The van der Waals surface area contributed by atoms with E-state index in [1.54, 1.807) is 7.11 Å². The van der Waals surface area contributed by atoms with Gasteiger partial charge < -0.3 is 24.2 Å². The number of fused-ring (bicyclic) bond motifs is 3. The summed E-state index contributed by atoms with van der Waals surface area (Å²) in [4.78, 5) is 14.0. The zero-order valence-corrected chi connectivity index (χ0v) is 21.4. The number of methoxy groups -OCH3 is 1. The van der Waals surface area contributed by atoms with Crippen LogP contribution in [0.4, 0.5) is 5.82 Å². The maximum Gasteiger partial charge on any atom is 0.320 e. The van der Waals surface area contributed by atoms with Crippen molar-refractivity contribution in [2.45, 2.75) is 56.4 Å². The molecule has 1 aromatic carbocycles. The van der Waals surface area contributed by atoms with Crippen LogP contribution >= 0.6 is 0 Å². The molecule has 3 aromatic rings. The lowest BCUT2D eigenvalue weighted by Crippen LogP contribution is -2.48. The van der Waals surface area contributed by atoms with Crippen molar-refractivity contribution >= 4 is 16.7 Å². The summed E-state index contributed by atoms with van der Waals surface area (Å²) >= 11 is 0. The summed E-state index contributed by atoms with van der Waals surface area (Å²) in [6.45, 7) is 6.95. The number of aliphatic hydroxyl groups excluding tert-OH is 1. The second-order valence-corrected chi connectivity index (χ2v) is 10.9. The van der Waals surface area contributed by atoms with E-state index in [1.165, 1.54) is 11.1 Å². The number of aliphatic hydroxyl groups is 1. The Morgan fingerprint density at radius 3 is 2.68 bits per heavy atom. The summed E-state index contributed by atoms with van der Waals surface area (Å²) in [6, 6.07) is 7.45. The third kappa shape index (κ3) is 4.06. The Balaban J connectivity index is 1.22. The lowest BCUT2D eigenvalue weighted by molar-refractivity contribution is 0.0264. The van der Waals surface area contributed by atoms with E-state index in [-0.39, 0.29) is 12.0 Å². The van der Waals surface area contributed by atoms with Gasteiger partial charge in [0.2, 0.25) is 0 Å². The highest BCUT2D eigenvalue weighted by Crippen LogP contribution is 2.36. The lowest BCUT2D eigenvalue weighted by atomic mass is 9.84. The van der Waals surface area contributed by atoms with Crippen molar-refractivity contribution in [1.82, 2.24) is 24.6 Å². The van der Waals surface area contributed by atoms with Crippen LogP contribution in [0.15, 0.2) is 24.4 Å². The first-order valence-corrected chi connectivity index (χ1v) is 13.4. The van der Waals surface area contributed by atoms with Crippen molar-refractivity contribution in [3.8, 4) is 11.8 Å². The second-order valence-electron chi connectivity index (χ2n) is 10.9. The van der Waals surface area contributed by atoms with Crippen LogP contribution in [0, 0.1) is 6.92 Å². The number of hydrogen-bond donors (Lipinski definition) is 1. The molecule has 4 aliphatic heterocycles. The topological polar surface area (TPSA) is 98.0 Å². The monoisotopic (exact) mass is 506 g/mol. The van der Waals surface area contributed by atoms with Crippen LogP contribution in [0.5, 0.6) is 6.01 Å². The molecule has 3 unspecified atom stereocenters. The normalized spacial score (nSPS) is 30.0. The van der Waals surface area contributed by atoms with Crippen molar-refractivity contribution in [2.24, 2.45) is 0 Å². The second kappa shape index (κ2) is 9.20. The number of β-amino-alcohol motifs (C(OH)–C–C–N with tert-alkyl or cyclic N) is 1. The van der Waals surface area contributed by atoms with Crippen molar-refractivity contribution in [3.63, 3.8) is 0 Å². The molecule has 4 fully saturated rings. The first-order chi connectivity index (χ1) is 18.1. The van der Waals surface area contributed by atoms with E-state index in [0.717, 1.165) is 68.9 Å². The summed E-state index contributed by atoms with van der Waals surface area (Å²) in [5.41, 5.74) is 3.33. The fraction of sp³-hybridized carbons (Fsp3) is 0.593. The van der Waals surface area contributed by atoms with E-state index < -0.39 is 6.10 Å². The molecule has 7 rings (SSSR count). The molecule has 196 valence electrons. The van der Waals surface area contributed by atoms with Crippen molar-refractivity contribution in [3.05, 3.63) is 35.5 Å².